The first-order valence-electron chi connectivity index (χ1n) is 6.96. The van der Waals surface area contributed by atoms with Crippen molar-refractivity contribution in [3.8, 4) is 0 Å². The van der Waals surface area contributed by atoms with E-state index in [0.717, 1.165) is 41.6 Å². The molecule has 2 heterocycles. The molecule has 2 aromatic rings. The van der Waals surface area contributed by atoms with Gasteiger partial charge < -0.3 is 10.3 Å². The Kier molecular flexibility index (Phi) is 5.52. The van der Waals surface area contributed by atoms with E-state index in [1.807, 2.05) is 6.07 Å². The first-order valence-corrected chi connectivity index (χ1v) is 7.75. The van der Waals surface area contributed by atoms with Gasteiger partial charge in [-0.2, -0.15) is 0 Å². The Labute approximate surface area is 126 Å². The first kappa shape index (κ1) is 15.0. The lowest BCUT2D eigenvalue weighted by Gasteiger charge is -2.03. The predicted octanol–water partition coefficient (Wildman–Crippen LogP) is 2.96. The summed E-state index contributed by atoms with van der Waals surface area (Å²) in [7, 11) is 0. The summed E-state index contributed by atoms with van der Waals surface area (Å²) >= 11 is 3.37. The van der Waals surface area contributed by atoms with Gasteiger partial charge in [0.1, 0.15) is 5.82 Å². The fourth-order valence-corrected chi connectivity index (χ4v) is 2.30. The molecule has 5 nitrogen and oxygen atoms in total. The normalized spacial score (nSPS) is 10.9. The molecule has 0 spiro atoms. The van der Waals surface area contributed by atoms with E-state index in [4.69, 9.17) is 0 Å². The van der Waals surface area contributed by atoms with Crippen LogP contribution < -0.4 is 5.32 Å². The second kappa shape index (κ2) is 7.38. The van der Waals surface area contributed by atoms with Crippen molar-refractivity contribution in [1.82, 2.24) is 20.3 Å². The molecule has 0 aliphatic rings. The smallest absolute Gasteiger partial charge is 0.220 e. The number of aromatic nitrogens is 3. The van der Waals surface area contributed by atoms with Gasteiger partial charge in [-0.15, -0.1) is 0 Å². The maximum Gasteiger partial charge on any atom is 0.220 e. The van der Waals surface area contributed by atoms with Crippen molar-refractivity contribution < 1.29 is 4.79 Å². The molecule has 0 saturated carbocycles. The van der Waals surface area contributed by atoms with Gasteiger partial charge in [0.2, 0.25) is 5.91 Å². The number of halogens is 1. The van der Waals surface area contributed by atoms with Crippen LogP contribution in [0.25, 0.3) is 11.2 Å². The lowest BCUT2D eigenvalue weighted by molar-refractivity contribution is -0.121. The largest absolute Gasteiger partial charge is 0.356 e. The molecule has 0 radical (unpaired) electrons. The third-order valence-electron chi connectivity index (χ3n) is 3.04. The third kappa shape index (κ3) is 4.30. The number of nitrogens with one attached hydrogen (secondary N) is 2. The minimum atomic E-state index is 0.0794. The quantitative estimate of drug-likeness (QED) is 0.762. The van der Waals surface area contributed by atoms with E-state index in [2.05, 4.69) is 43.1 Å². The molecule has 0 saturated heterocycles. The van der Waals surface area contributed by atoms with E-state index >= 15 is 0 Å². The number of carbonyl (C=O) groups is 1. The van der Waals surface area contributed by atoms with Crippen molar-refractivity contribution >= 4 is 33.0 Å². The average molecular weight is 339 g/mol. The van der Waals surface area contributed by atoms with Crippen molar-refractivity contribution in [2.45, 2.75) is 39.0 Å². The van der Waals surface area contributed by atoms with Crippen LogP contribution in [0.5, 0.6) is 0 Å². The number of hydrogen-bond acceptors (Lipinski definition) is 3. The van der Waals surface area contributed by atoms with Crippen molar-refractivity contribution in [2.24, 2.45) is 0 Å². The Hall–Kier alpha value is -1.43. The van der Waals surface area contributed by atoms with Crippen LogP contribution >= 0.6 is 15.9 Å². The summed E-state index contributed by atoms with van der Waals surface area (Å²) < 4.78 is 0.911. The van der Waals surface area contributed by atoms with Crippen LogP contribution in [0.2, 0.25) is 0 Å². The van der Waals surface area contributed by atoms with Crippen LogP contribution in [0.15, 0.2) is 16.7 Å². The van der Waals surface area contributed by atoms with E-state index in [1.54, 1.807) is 6.20 Å². The zero-order valence-electron chi connectivity index (χ0n) is 11.6. The van der Waals surface area contributed by atoms with Crippen LogP contribution in [-0.2, 0) is 11.2 Å². The summed E-state index contributed by atoms with van der Waals surface area (Å²) in [5.74, 6) is 0.880. The molecule has 2 N–H and O–H groups in total. The molecular weight excluding hydrogens is 320 g/mol. The molecule has 0 fully saturated rings. The lowest BCUT2D eigenvalue weighted by atomic mass is 10.2. The number of unbranched alkanes of at least 4 members (excludes halogenated alkanes) is 2. The van der Waals surface area contributed by atoms with Crippen LogP contribution in [0.4, 0.5) is 0 Å². The molecule has 0 aromatic carbocycles. The Morgan fingerprint density at radius 2 is 2.30 bits per heavy atom. The molecule has 1 amide bonds. The maximum atomic E-state index is 11.7. The van der Waals surface area contributed by atoms with Gasteiger partial charge in [0, 0.05) is 30.1 Å². The molecule has 6 heteroatoms. The zero-order chi connectivity index (χ0) is 14.4. The van der Waals surface area contributed by atoms with Crippen molar-refractivity contribution in [3.63, 3.8) is 0 Å². The Morgan fingerprint density at radius 1 is 1.45 bits per heavy atom. The Balaban J connectivity index is 1.81. The van der Waals surface area contributed by atoms with E-state index < -0.39 is 0 Å². The average Bonchev–Trinajstić information content (AvgIpc) is 2.83. The SMILES string of the molecule is CCCCCNC(=O)CCc1nc2ncc(Br)cc2[nH]1. The van der Waals surface area contributed by atoms with Gasteiger partial charge in [-0.05, 0) is 28.4 Å². The van der Waals surface area contributed by atoms with Crippen molar-refractivity contribution in [3.05, 3.63) is 22.6 Å². The molecule has 0 atom stereocenters. The highest BCUT2D eigenvalue weighted by Crippen LogP contribution is 2.15. The molecule has 0 bridgehead atoms. The summed E-state index contributed by atoms with van der Waals surface area (Å²) in [6.07, 6.45) is 6.14. The Bertz CT molecular complexity index is 582. The number of amides is 1. The number of hydrogen-bond donors (Lipinski definition) is 2. The van der Waals surface area contributed by atoms with Crippen LogP contribution in [0.1, 0.15) is 38.4 Å². The van der Waals surface area contributed by atoms with Crippen LogP contribution in [-0.4, -0.2) is 27.4 Å². The molecule has 108 valence electrons. The number of nitrogens with zero attached hydrogens (tertiary/aromatic N) is 2. The highest BCUT2D eigenvalue weighted by Gasteiger charge is 2.07. The van der Waals surface area contributed by atoms with Gasteiger partial charge in [-0.3, -0.25) is 4.79 Å². The summed E-state index contributed by atoms with van der Waals surface area (Å²) in [5.41, 5.74) is 1.57. The van der Waals surface area contributed by atoms with Gasteiger partial charge in [-0.1, -0.05) is 19.8 Å². The number of imidazole rings is 1. The highest BCUT2D eigenvalue weighted by molar-refractivity contribution is 9.10. The number of H-pyrrole nitrogens is 1. The first-order chi connectivity index (χ1) is 9.69. The summed E-state index contributed by atoms with van der Waals surface area (Å²) in [6.45, 7) is 2.91. The van der Waals surface area contributed by atoms with Gasteiger partial charge >= 0.3 is 0 Å². The number of fused-ring (bicyclic) bond motifs is 1. The molecule has 0 aliphatic carbocycles. The van der Waals surface area contributed by atoms with Crippen molar-refractivity contribution in [1.29, 1.82) is 0 Å². The number of rotatable bonds is 7. The van der Waals surface area contributed by atoms with Gasteiger partial charge in [0.05, 0.1) is 5.52 Å². The van der Waals surface area contributed by atoms with E-state index in [-0.39, 0.29) is 5.91 Å². The number of pyridine rings is 1. The fraction of sp³-hybridized carbons (Fsp3) is 0.500. The highest BCUT2D eigenvalue weighted by atomic mass is 79.9. The molecule has 2 aromatic heterocycles. The van der Waals surface area contributed by atoms with Crippen molar-refractivity contribution in [2.75, 3.05) is 6.54 Å². The minimum absolute atomic E-state index is 0.0794. The predicted molar refractivity (Wildman–Crippen MR) is 82.4 cm³/mol. The molecule has 2 rings (SSSR count). The molecule has 0 unspecified atom stereocenters. The second-order valence-corrected chi connectivity index (χ2v) is 5.68. The number of aromatic amines is 1. The lowest BCUT2D eigenvalue weighted by Crippen LogP contribution is -2.24. The maximum absolute atomic E-state index is 11.7. The Morgan fingerprint density at radius 3 is 3.10 bits per heavy atom. The summed E-state index contributed by atoms with van der Waals surface area (Å²) in [4.78, 5) is 23.4. The van der Waals surface area contributed by atoms with Gasteiger partial charge in [-0.25, -0.2) is 9.97 Å². The third-order valence-corrected chi connectivity index (χ3v) is 3.48. The monoisotopic (exact) mass is 338 g/mol. The molecule has 0 aliphatic heterocycles. The molecular formula is C14H19BrN4O. The van der Waals surface area contributed by atoms with E-state index in [0.29, 0.717) is 18.5 Å². The fourth-order valence-electron chi connectivity index (χ4n) is 1.97. The summed E-state index contributed by atoms with van der Waals surface area (Å²) in [5, 5.41) is 2.93. The number of aryl methyl sites for hydroxylation is 1. The van der Waals surface area contributed by atoms with Gasteiger partial charge in [0.15, 0.2) is 5.65 Å². The second-order valence-electron chi connectivity index (χ2n) is 4.77. The summed E-state index contributed by atoms with van der Waals surface area (Å²) in [6, 6.07) is 1.93. The van der Waals surface area contributed by atoms with Crippen LogP contribution in [0, 0.1) is 0 Å². The zero-order valence-corrected chi connectivity index (χ0v) is 13.2. The standard InChI is InChI=1S/C14H19BrN4O/c1-2-3-4-7-16-13(20)6-5-12-18-11-8-10(15)9-17-14(11)19-12/h8-9H,2-7H2,1H3,(H,16,20)(H,17,18,19). The van der Waals surface area contributed by atoms with E-state index in [9.17, 15) is 4.79 Å². The number of carbonyl (C=O) groups excluding carboxylic acids is 1. The van der Waals surface area contributed by atoms with Gasteiger partial charge in [0.25, 0.3) is 0 Å². The molecule has 20 heavy (non-hydrogen) atoms. The minimum Gasteiger partial charge on any atom is -0.356 e. The van der Waals surface area contributed by atoms with Crippen LogP contribution in [0.3, 0.4) is 0 Å². The van der Waals surface area contributed by atoms with E-state index in [1.165, 1.54) is 0 Å². The topological polar surface area (TPSA) is 70.7 Å².